The molecule has 0 radical (unpaired) electrons. The van der Waals surface area contributed by atoms with Gasteiger partial charge in [0.25, 0.3) is 0 Å². The van der Waals surface area contributed by atoms with Gasteiger partial charge in [0.05, 0.1) is 16.9 Å². The predicted molar refractivity (Wildman–Crippen MR) is 196 cm³/mol. The molecule has 7 aliphatic rings. The molecule has 1 N–H and O–H groups in total. The Morgan fingerprint density at radius 3 is 2.52 bits per heavy atom. The highest BCUT2D eigenvalue weighted by Crippen LogP contribution is 2.56. The van der Waals surface area contributed by atoms with E-state index in [9.17, 15) is 5.11 Å². The van der Waals surface area contributed by atoms with Crippen LogP contribution < -0.4 is 29.7 Å². The Hall–Kier alpha value is -3.39. The average Bonchev–Trinajstić information content (AvgIpc) is 3.12. The summed E-state index contributed by atoms with van der Waals surface area (Å²) in [6, 6.07) is 16.9. The average molecular weight is 671 g/mol. The first-order valence-electron chi connectivity index (χ1n) is 18.2. The monoisotopic (exact) mass is 670 g/mol. The molecule has 0 saturated heterocycles. The van der Waals surface area contributed by atoms with Crippen LogP contribution in [-0.2, 0) is 32.1 Å². The molecule has 0 bridgehead atoms. The lowest BCUT2D eigenvalue weighted by molar-refractivity contribution is 0.299. The molecule has 4 aromatic rings. The van der Waals surface area contributed by atoms with Crippen molar-refractivity contribution in [2.75, 3.05) is 54.9 Å². The molecule has 0 unspecified atom stereocenters. The summed E-state index contributed by atoms with van der Waals surface area (Å²) in [4.78, 5) is 9.27. The molecule has 0 saturated carbocycles. The fourth-order valence-corrected chi connectivity index (χ4v) is 12.1. The molecule has 0 fully saturated rings. The van der Waals surface area contributed by atoms with Crippen molar-refractivity contribution in [3.05, 3.63) is 92.0 Å². The molecular formula is C41H40N3O2S2+. The first kappa shape index (κ1) is 28.4. The SMILES string of the molecule is OCCc1ccc2c(c1)N1CCSc3cc(C4=c5cc6c7c(c5Oc5c4cc4c8c5CCCN8CCC4)CCC[N+]=7CCC6)cc(c31)S2. The lowest BCUT2D eigenvalue weighted by atomic mass is 9.82. The second-order valence-corrected chi connectivity index (χ2v) is 16.8. The van der Waals surface area contributed by atoms with Crippen molar-refractivity contribution in [1.29, 1.82) is 0 Å². The van der Waals surface area contributed by atoms with Crippen LogP contribution in [0.1, 0.15) is 64.6 Å². The normalized spacial score (nSPS) is 19.4. The van der Waals surface area contributed by atoms with Crippen molar-refractivity contribution < 1.29 is 9.84 Å². The van der Waals surface area contributed by atoms with Crippen LogP contribution in [0.4, 0.5) is 17.1 Å². The molecule has 7 heteroatoms. The second-order valence-electron chi connectivity index (χ2n) is 14.5. The highest BCUT2D eigenvalue weighted by atomic mass is 32.2. The predicted octanol–water partition coefficient (Wildman–Crippen LogP) is 6.37. The zero-order valence-electron chi connectivity index (χ0n) is 27.4. The van der Waals surface area contributed by atoms with E-state index in [-0.39, 0.29) is 6.61 Å². The number of aryl methyl sites for hydroxylation is 2. The van der Waals surface area contributed by atoms with E-state index in [4.69, 9.17) is 4.74 Å². The zero-order chi connectivity index (χ0) is 31.5. The van der Waals surface area contributed by atoms with Crippen molar-refractivity contribution in [2.45, 2.75) is 72.5 Å². The number of hydrogen-bond donors (Lipinski definition) is 1. The van der Waals surface area contributed by atoms with Gasteiger partial charge >= 0.3 is 0 Å². The molecule has 0 spiro atoms. The van der Waals surface area contributed by atoms with E-state index in [0.29, 0.717) is 6.42 Å². The largest absolute Gasteiger partial charge is 0.455 e. The maximum absolute atomic E-state index is 9.64. The number of benzene rings is 4. The van der Waals surface area contributed by atoms with Crippen LogP contribution in [0.3, 0.4) is 0 Å². The number of anilines is 3. The Labute approximate surface area is 290 Å². The first-order chi connectivity index (χ1) is 23.7. The quantitative estimate of drug-likeness (QED) is 0.225. The molecule has 0 aromatic heterocycles. The summed E-state index contributed by atoms with van der Waals surface area (Å²) in [5.41, 5.74) is 15.3. The van der Waals surface area contributed by atoms with Gasteiger partial charge in [-0.15, -0.1) is 11.8 Å². The van der Waals surface area contributed by atoms with Gasteiger partial charge in [0.2, 0.25) is 5.36 Å². The number of thioether (sulfide) groups is 1. The van der Waals surface area contributed by atoms with Gasteiger partial charge in [0.15, 0.2) is 0 Å². The molecule has 0 atom stereocenters. The molecular weight excluding hydrogens is 631 g/mol. The second kappa shape index (κ2) is 10.8. The molecule has 11 rings (SSSR count). The minimum Gasteiger partial charge on any atom is -0.455 e. The Morgan fingerprint density at radius 1 is 0.771 bits per heavy atom. The number of rotatable bonds is 3. The maximum Gasteiger partial charge on any atom is 0.210 e. The summed E-state index contributed by atoms with van der Waals surface area (Å²) in [6.07, 6.45) is 10.1. The van der Waals surface area contributed by atoms with Gasteiger partial charge < -0.3 is 19.6 Å². The fraction of sp³-hybridized carbons (Fsp3) is 0.390. The third kappa shape index (κ3) is 4.07. The summed E-state index contributed by atoms with van der Waals surface area (Å²) in [5, 5.41) is 12.4. The van der Waals surface area contributed by atoms with Crippen LogP contribution in [-0.4, -0.2) is 50.2 Å². The summed E-state index contributed by atoms with van der Waals surface area (Å²) in [6.45, 7) is 5.87. The zero-order valence-corrected chi connectivity index (χ0v) is 29.0. The highest BCUT2D eigenvalue weighted by Gasteiger charge is 2.37. The topological polar surface area (TPSA) is 39.0 Å². The van der Waals surface area contributed by atoms with E-state index >= 15 is 0 Å². The van der Waals surface area contributed by atoms with Crippen molar-refractivity contribution in [1.82, 2.24) is 4.58 Å². The molecule has 5 nitrogen and oxygen atoms in total. The van der Waals surface area contributed by atoms with Gasteiger partial charge in [-0.25, -0.2) is 4.58 Å². The third-order valence-corrected chi connectivity index (χ3v) is 13.9. The summed E-state index contributed by atoms with van der Waals surface area (Å²) >= 11 is 3.93. The van der Waals surface area contributed by atoms with Crippen LogP contribution in [0.15, 0.2) is 57.2 Å². The molecule has 7 heterocycles. The smallest absolute Gasteiger partial charge is 0.210 e. The van der Waals surface area contributed by atoms with E-state index < -0.39 is 0 Å². The van der Waals surface area contributed by atoms with Gasteiger partial charge in [-0.3, -0.25) is 0 Å². The standard InChI is InChI=1S/C41H40N3O2S2/c45-17-11-24-9-10-33-32(19-24)44-16-18-47-34-22-27(23-35(48-33)39(34)44)36-30-20-25-5-1-12-42-14-3-7-28(37(25)42)40(30)46-41-29-8-4-15-43-13-2-6-26(38(29)43)21-31(36)41/h9-10,19-23,45H,1-8,11-18H2/q+1. The van der Waals surface area contributed by atoms with E-state index in [0.717, 1.165) is 49.5 Å². The Morgan fingerprint density at radius 2 is 1.60 bits per heavy atom. The van der Waals surface area contributed by atoms with Gasteiger partial charge in [0, 0.05) is 92.7 Å². The van der Waals surface area contributed by atoms with Gasteiger partial charge in [-0.1, -0.05) is 17.8 Å². The van der Waals surface area contributed by atoms with Crippen LogP contribution in [0.2, 0.25) is 0 Å². The van der Waals surface area contributed by atoms with E-state index in [2.05, 4.69) is 56.8 Å². The van der Waals surface area contributed by atoms with Crippen LogP contribution in [0, 0.1) is 0 Å². The highest BCUT2D eigenvalue weighted by molar-refractivity contribution is 8.00. The van der Waals surface area contributed by atoms with E-state index in [1.54, 1.807) is 0 Å². The van der Waals surface area contributed by atoms with E-state index in [1.165, 1.54) is 139 Å². The Kier molecular flexibility index (Phi) is 6.40. The van der Waals surface area contributed by atoms with Gasteiger partial charge in [-0.05, 0) is 98.0 Å². The summed E-state index contributed by atoms with van der Waals surface area (Å²) in [7, 11) is 0. The summed E-state index contributed by atoms with van der Waals surface area (Å²) in [5.74, 6) is 3.35. The Balaban J connectivity index is 1.19. The van der Waals surface area contributed by atoms with Crippen molar-refractivity contribution >= 4 is 46.2 Å². The fourth-order valence-electron chi connectivity index (χ4n) is 9.87. The number of hydrogen-bond acceptors (Lipinski definition) is 6. The van der Waals surface area contributed by atoms with Crippen molar-refractivity contribution in [3.8, 4) is 11.5 Å². The lowest BCUT2D eigenvalue weighted by Gasteiger charge is -2.40. The minimum absolute atomic E-state index is 0.185. The van der Waals surface area contributed by atoms with Gasteiger partial charge in [0.1, 0.15) is 24.6 Å². The van der Waals surface area contributed by atoms with Crippen molar-refractivity contribution in [2.24, 2.45) is 0 Å². The number of aliphatic hydroxyl groups excluding tert-OH is 1. The van der Waals surface area contributed by atoms with Crippen LogP contribution in [0.25, 0.3) is 5.57 Å². The third-order valence-electron chi connectivity index (χ3n) is 11.8. The lowest BCUT2D eigenvalue weighted by Crippen LogP contribution is -2.45. The molecule has 0 amide bonds. The maximum atomic E-state index is 9.64. The number of ether oxygens (including phenoxy) is 1. The molecule has 4 aromatic carbocycles. The van der Waals surface area contributed by atoms with E-state index in [1.807, 2.05) is 23.5 Å². The molecule has 242 valence electrons. The number of fused-ring (bicyclic) bond motifs is 6. The molecule has 48 heavy (non-hydrogen) atoms. The van der Waals surface area contributed by atoms with Crippen molar-refractivity contribution in [3.63, 3.8) is 0 Å². The molecule has 7 aliphatic heterocycles. The van der Waals surface area contributed by atoms with Crippen LogP contribution >= 0.6 is 23.5 Å². The Bertz CT molecular complexity index is 2220. The van der Waals surface area contributed by atoms with Crippen LogP contribution in [0.5, 0.6) is 11.5 Å². The number of nitrogens with zero attached hydrogens (tertiary/aromatic N) is 3. The summed E-state index contributed by atoms with van der Waals surface area (Å²) < 4.78 is 9.99. The van der Waals surface area contributed by atoms with Gasteiger partial charge in [-0.2, -0.15) is 0 Å². The first-order valence-corrected chi connectivity index (χ1v) is 20.0. The molecule has 0 aliphatic carbocycles. The number of aliphatic hydroxyl groups is 1. The minimum atomic E-state index is 0.185.